The number of hydrogen-bond acceptors (Lipinski definition) is 4. The quantitative estimate of drug-likeness (QED) is 0.656. The van der Waals surface area contributed by atoms with Gasteiger partial charge in [-0.3, -0.25) is 4.57 Å². The summed E-state index contributed by atoms with van der Waals surface area (Å²) < 4.78 is 22.9. The molecule has 12 heavy (non-hydrogen) atoms. The highest BCUT2D eigenvalue weighted by molar-refractivity contribution is 7.68. The minimum absolute atomic E-state index is 0.537. The van der Waals surface area contributed by atoms with Crippen molar-refractivity contribution in [3.8, 4) is 0 Å². The van der Waals surface area contributed by atoms with E-state index in [1.54, 1.807) is 6.07 Å². The van der Waals surface area contributed by atoms with E-state index in [-0.39, 0.29) is 0 Å². The maximum atomic E-state index is 11.9. The molecule has 1 aliphatic heterocycles. The molecule has 3 nitrogen and oxygen atoms in total. The number of rotatable bonds is 1. The van der Waals surface area contributed by atoms with Gasteiger partial charge in [0.25, 0.3) is 0 Å². The Labute approximate surface area is 74.9 Å². The highest BCUT2D eigenvalue weighted by Crippen LogP contribution is 2.50. The monoisotopic (exact) mass is 204 g/mol. The van der Waals surface area contributed by atoms with Crippen LogP contribution in [0.4, 0.5) is 0 Å². The molecule has 2 rings (SSSR count). The lowest BCUT2D eigenvalue weighted by atomic mass is 10.5. The molecule has 1 aromatic rings. The van der Waals surface area contributed by atoms with E-state index in [1.165, 1.54) is 11.3 Å². The lowest BCUT2D eigenvalue weighted by Crippen LogP contribution is -2.14. The van der Waals surface area contributed by atoms with E-state index in [9.17, 15) is 4.57 Å². The zero-order chi connectivity index (χ0) is 8.44. The molecule has 0 spiro atoms. The van der Waals surface area contributed by atoms with Crippen molar-refractivity contribution in [2.24, 2.45) is 0 Å². The molecular formula is C7H9O3PS. The molecule has 0 bridgehead atoms. The van der Waals surface area contributed by atoms with Gasteiger partial charge in [-0.2, -0.15) is 0 Å². The predicted octanol–water partition coefficient (Wildman–Crippen LogP) is 2.00. The molecule has 5 heteroatoms. The van der Waals surface area contributed by atoms with E-state index in [1.807, 2.05) is 11.4 Å². The van der Waals surface area contributed by atoms with Crippen LogP contribution >= 0.6 is 18.9 Å². The van der Waals surface area contributed by atoms with Crippen LogP contribution in [-0.4, -0.2) is 13.2 Å². The van der Waals surface area contributed by atoms with Crippen molar-refractivity contribution in [2.75, 3.05) is 13.2 Å². The third-order valence-electron chi connectivity index (χ3n) is 1.59. The van der Waals surface area contributed by atoms with Gasteiger partial charge in [-0.1, -0.05) is 6.07 Å². The van der Waals surface area contributed by atoms with Gasteiger partial charge in [0.1, 0.15) is 4.62 Å². The third-order valence-corrected chi connectivity index (χ3v) is 4.98. The molecule has 0 saturated carbocycles. The molecule has 2 heterocycles. The van der Waals surface area contributed by atoms with Gasteiger partial charge < -0.3 is 9.05 Å². The zero-order valence-electron chi connectivity index (χ0n) is 6.43. The van der Waals surface area contributed by atoms with Gasteiger partial charge in [-0.15, -0.1) is 11.3 Å². The van der Waals surface area contributed by atoms with Crippen LogP contribution in [0.25, 0.3) is 0 Å². The number of thiophene rings is 1. The van der Waals surface area contributed by atoms with E-state index >= 15 is 0 Å². The summed E-state index contributed by atoms with van der Waals surface area (Å²) in [6.45, 7) is 1.07. The van der Waals surface area contributed by atoms with Gasteiger partial charge in [-0.05, 0) is 17.9 Å². The fraction of sp³-hybridized carbons (Fsp3) is 0.429. The van der Waals surface area contributed by atoms with Crippen molar-refractivity contribution in [1.82, 2.24) is 0 Å². The Morgan fingerprint density at radius 2 is 2.17 bits per heavy atom. The van der Waals surface area contributed by atoms with E-state index in [0.29, 0.717) is 17.8 Å². The fourth-order valence-corrected chi connectivity index (χ4v) is 3.82. The Kier molecular flexibility index (Phi) is 2.33. The largest absolute Gasteiger partial charge is 0.371 e. The topological polar surface area (TPSA) is 35.5 Å². The first-order chi connectivity index (χ1) is 5.81. The molecular weight excluding hydrogens is 195 g/mol. The van der Waals surface area contributed by atoms with Crippen molar-refractivity contribution in [3.05, 3.63) is 17.5 Å². The standard InChI is InChI=1S/C7H9O3PS/c8-11(7-3-1-6-12-7)9-4-2-5-10-11/h1,3,6H,2,4-5H2. The summed E-state index contributed by atoms with van der Waals surface area (Å²) in [5, 5.41) is 1.87. The summed E-state index contributed by atoms with van der Waals surface area (Å²) in [5.41, 5.74) is 0. The van der Waals surface area contributed by atoms with Crippen molar-refractivity contribution in [2.45, 2.75) is 6.42 Å². The van der Waals surface area contributed by atoms with Crippen LogP contribution in [-0.2, 0) is 13.6 Å². The van der Waals surface area contributed by atoms with Crippen LogP contribution in [0.15, 0.2) is 17.5 Å². The molecule has 0 amide bonds. The maximum absolute atomic E-state index is 11.9. The van der Waals surface area contributed by atoms with E-state index < -0.39 is 7.60 Å². The first kappa shape index (κ1) is 8.45. The minimum atomic E-state index is -2.90. The average Bonchev–Trinajstić information content (AvgIpc) is 2.58. The Hall–Kier alpha value is -0.150. The first-order valence-corrected chi connectivity index (χ1v) is 6.17. The van der Waals surface area contributed by atoms with Crippen molar-refractivity contribution in [3.63, 3.8) is 0 Å². The predicted molar refractivity (Wildman–Crippen MR) is 48.1 cm³/mol. The Balaban J connectivity index is 2.26. The summed E-state index contributed by atoms with van der Waals surface area (Å²) in [5.74, 6) is 0. The van der Waals surface area contributed by atoms with Crippen LogP contribution in [0.1, 0.15) is 6.42 Å². The van der Waals surface area contributed by atoms with Gasteiger partial charge in [0.15, 0.2) is 0 Å². The van der Waals surface area contributed by atoms with Gasteiger partial charge in [-0.25, -0.2) is 0 Å². The van der Waals surface area contributed by atoms with E-state index in [2.05, 4.69) is 0 Å². The lowest BCUT2D eigenvalue weighted by Gasteiger charge is -2.21. The molecule has 0 aliphatic carbocycles. The van der Waals surface area contributed by atoms with Gasteiger partial charge in [0, 0.05) is 0 Å². The molecule has 0 radical (unpaired) electrons. The Morgan fingerprint density at radius 3 is 2.75 bits per heavy atom. The maximum Gasteiger partial charge on any atom is 0.371 e. The van der Waals surface area contributed by atoms with Crippen LogP contribution in [0.3, 0.4) is 0 Å². The summed E-state index contributed by atoms with van der Waals surface area (Å²) in [7, 11) is -2.90. The fourth-order valence-electron chi connectivity index (χ4n) is 1.02. The van der Waals surface area contributed by atoms with E-state index in [0.717, 1.165) is 6.42 Å². The first-order valence-electron chi connectivity index (χ1n) is 3.74. The van der Waals surface area contributed by atoms with Gasteiger partial charge in [0.2, 0.25) is 0 Å². The third kappa shape index (κ3) is 1.48. The number of hydrogen-bond donors (Lipinski definition) is 0. The molecule has 0 aromatic carbocycles. The minimum Gasteiger partial charge on any atom is -0.305 e. The van der Waals surface area contributed by atoms with E-state index in [4.69, 9.17) is 9.05 Å². The van der Waals surface area contributed by atoms with Gasteiger partial charge in [0.05, 0.1) is 13.2 Å². The second-order valence-corrected chi connectivity index (χ2v) is 5.71. The van der Waals surface area contributed by atoms with Crippen molar-refractivity contribution < 1.29 is 13.6 Å². The van der Waals surface area contributed by atoms with Crippen LogP contribution in [0.5, 0.6) is 0 Å². The average molecular weight is 204 g/mol. The van der Waals surface area contributed by atoms with Crippen molar-refractivity contribution in [1.29, 1.82) is 0 Å². The molecule has 1 aliphatic rings. The summed E-state index contributed by atoms with van der Waals surface area (Å²) in [6, 6.07) is 3.64. The van der Waals surface area contributed by atoms with Crippen LogP contribution in [0, 0.1) is 0 Å². The molecule has 1 saturated heterocycles. The summed E-state index contributed by atoms with van der Waals surface area (Å²) >= 11 is 1.42. The summed E-state index contributed by atoms with van der Waals surface area (Å²) in [4.78, 5) is 0. The second-order valence-electron chi connectivity index (χ2n) is 2.47. The normalized spacial score (nSPS) is 22.3. The molecule has 0 atom stereocenters. The SMILES string of the molecule is O=P1(c2cccs2)OCCCO1. The second kappa shape index (κ2) is 3.30. The van der Waals surface area contributed by atoms with Crippen LogP contribution in [0.2, 0.25) is 0 Å². The summed E-state index contributed by atoms with van der Waals surface area (Å²) in [6.07, 6.45) is 0.829. The van der Waals surface area contributed by atoms with Crippen LogP contribution < -0.4 is 4.62 Å². The highest BCUT2D eigenvalue weighted by Gasteiger charge is 2.31. The highest BCUT2D eigenvalue weighted by atomic mass is 32.1. The molecule has 66 valence electrons. The molecule has 1 fully saturated rings. The lowest BCUT2D eigenvalue weighted by molar-refractivity contribution is 0.154. The van der Waals surface area contributed by atoms with Crippen molar-refractivity contribution >= 4 is 23.6 Å². The smallest absolute Gasteiger partial charge is 0.305 e. The molecule has 1 aromatic heterocycles. The Bertz CT molecular complexity index is 286. The molecule has 0 unspecified atom stereocenters. The zero-order valence-corrected chi connectivity index (χ0v) is 8.14. The molecule has 0 N–H and O–H groups in total. The van der Waals surface area contributed by atoms with Gasteiger partial charge >= 0.3 is 7.60 Å². The Morgan fingerprint density at radius 1 is 1.42 bits per heavy atom.